The van der Waals surface area contributed by atoms with Crippen molar-refractivity contribution in [1.82, 2.24) is 29.8 Å². The Kier molecular flexibility index (Phi) is 24.7. The highest BCUT2D eigenvalue weighted by Crippen LogP contribution is 2.48. The number of carbonyl (C=O) groups excluding carboxylic acids is 4. The number of likely N-dealkylation sites (N-methyl/N-ethyl adjacent to an activating group) is 1. The van der Waals surface area contributed by atoms with Gasteiger partial charge in [-0.25, -0.2) is 4.68 Å². The molecule has 1 unspecified atom stereocenters. The van der Waals surface area contributed by atoms with Crippen LogP contribution in [0.15, 0.2) is 66.9 Å². The van der Waals surface area contributed by atoms with E-state index in [9.17, 15) is 48.0 Å². The molecule has 6 atom stereocenters. The van der Waals surface area contributed by atoms with Crippen LogP contribution < -0.4 is 32.2 Å². The summed E-state index contributed by atoms with van der Waals surface area (Å²) in [6.45, 7) is 4.84. The number of H-pyrrole nitrogens is 1. The van der Waals surface area contributed by atoms with Crippen LogP contribution in [-0.2, 0) is 70.8 Å². The monoisotopic (exact) mass is 1370 g/mol. The Hall–Kier alpha value is -7.54. The summed E-state index contributed by atoms with van der Waals surface area (Å²) in [5, 5.41) is 51.5. The van der Waals surface area contributed by atoms with Gasteiger partial charge in [0.25, 0.3) is 11.8 Å². The summed E-state index contributed by atoms with van der Waals surface area (Å²) < 4.78 is 109. The lowest BCUT2D eigenvalue weighted by molar-refractivity contribution is -0.277. The maximum Gasteiger partial charge on any atom is 0.501 e. The zero-order chi connectivity index (χ0) is 67.0. The van der Waals surface area contributed by atoms with Gasteiger partial charge >= 0.3 is 10.4 Å². The molecule has 6 aromatic rings. The lowest BCUT2D eigenvalue weighted by Crippen LogP contribution is -2.60. The van der Waals surface area contributed by atoms with Crippen molar-refractivity contribution in [1.29, 1.82) is 0 Å². The van der Waals surface area contributed by atoms with E-state index in [0.717, 1.165) is 6.07 Å². The predicted octanol–water partition coefficient (Wildman–Crippen LogP) is 2.09. The van der Waals surface area contributed by atoms with E-state index in [1.54, 1.807) is 47.3 Å². The van der Waals surface area contributed by atoms with Gasteiger partial charge in [-0.3, -0.25) is 24.1 Å². The summed E-state index contributed by atoms with van der Waals surface area (Å²) in [5.74, 6) is -1.72. The Morgan fingerprint density at radius 3 is 2.07 bits per heavy atom. The Labute approximate surface area is 550 Å². The van der Waals surface area contributed by atoms with Crippen molar-refractivity contribution in [2.45, 2.75) is 62.4 Å². The number of ether oxygens (including phenoxy) is 12. The average Bonchev–Trinajstić information content (AvgIpc) is 1.64. The quantitative estimate of drug-likeness (QED) is 0.0210. The van der Waals surface area contributed by atoms with Gasteiger partial charge in [-0.05, 0) is 65.5 Å². The highest BCUT2D eigenvalue weighted by molar-refractivity contribution is 7.82. The number of anilines is 1. The minimum absolute atomic E-state index is 0.0169. The number of amides is 4. The number of benzene rings is 4. The van der Waals surface area contributed by atoms with Crippen LogP contribution in [0.3, 0.4) is 0 Å². The van der Waals surface area contributed by atoms with Crippen molar-refractivity contribution in [3.63, 3.8) is 0 Å². The van der Waals surface area contributed by atoms with Gasteiger partial charge in [0.15, 0.2) is 28.7 Å². The molecule has 0 spiro atoms. The van der Waals surface area contributed by atoms with Crippen molar-refractivity contribution < 1.29 is 113 Å². The van der Waals surface area contributed by atoms with Crippen LogP contribution in [0, 0.1) is 0 Å². The van der Waals surface area contributed by atoms with Crippen molar-refractivity contribution >= 4 is 73.0 Å². The Morgan fingerprint density at radius 2 is 1.39 bits per heavy atom. The van der Waals surface area contributed by atoms with Gasteiger partial charge < -0.3 is 100 Å². The number of carbonyl (C=O) groups is 4. The molecule has 2 aromatic heterocycles. The Balaban J connectivity index is 0.684. The van der Waals surface area contributed by atoms with Crippen LogP contribution in [0.4, 0.5) is 5.69 Å². The van der Waals surface area contributed by atoms with E-state index in [-0.39, 0.29) is 105 Å². The minimum atomic E-state index is -5.27. The standard InChI is InChI=1S/C62H76ClN7O24S/c1-67(12-16-83-17-13-68-35-40(65-66-68)11-15-82-19-21-85-23-25-87-27-28-88-26-24-86-22-20-84-18-14-69-53(72)9-10-54(69)73)60(77)38-3-7-48(91-62-58(76)57(75)56(74)52(36-71)92-62)51(29-38)94-95(79,80)93-50-32-47-55(43-30-41(81-2)4-5-42(43)50)39(33-63)34-70(47)61(78)46-31-44-45(64-46)6-8-49-59(44)90-37-89-49/h3-8,29-32,35,39,52,56-58,62,64,71,74-76H,9-28,33-34,36-37H2,1-2H3/t39-,52-,56+,57+,58?,62-/m1/s1. The summed E-state index contributed by atoms with van der Waals surface area (Å²) in [5.41, 5.74) is 2.30. The second-order valence-electron chi connectivity index (χ2n) is 22.2. The molecule has 0 radical (unpaired) electrons. The number of aliphatic hydroxyl groups excluding tert-OH is 4. The molecule has 33 heteroatoms. The van der Waals surface area contributed by atoms with Gasteiger partial charge in [-0.1, -0.05) is 5.21 Å². The van der Waals surface area contributed by atoms with E-state index in [2.05, 4.69) is 15.3 Å². The number of nitrogens with one attached hydrogen (secondary N) is 1. The van der Waals surface area contributed by atoms with E-state index >= 15 is 0 Å². The molecule has 95 heavy (non-hydrogen) atoms. The third kappa shape index (κ3) is 17.7. The summed E-state index contributed by atoms with van der Waals surface area (Å²) in [6.07, 6.45) is -5.93. The number of methoxy groups -OCH3 is 1. The first-order chi connectivity index (χ1) is 46.0. The van der Waals surface area contributed by atoms with E-state index in [0.29, 0.717) is 130 Å². The second-order valence-corrected chi connectivity index (χ2v) is 23.6. The number of halogens is 1. The molecule has 10 rings (SSSR count). The lowest BCUT2D eigenvalue weighted by atomic mass is 9.95. The molecule has 31 nitrogen and oxygen atoms in total. The van der Waals surface area contributed by atoms with Crippen LogP contribution in [0.5, 0.6) is 34.5 Å². The third-order valence-corrected chi connectivity index (χ3v) is 17.0. The smallest absolute Gasteiger partial charge is 0.497 e. The molecule has 5 N–H and O–H groups in total. The molecule has 0 bridgehead atoms. The zero-order valence-electron chi connectivity index (χ0n) is 52.2. The summed E-state index contributed by atoms with van der Waals surface area (Å²) in [6, 6.07) is 14.9. The van der Waals surface area contributed by atoms with Crippen LogP contribution in [0.2, 0.25) is 0 Å². The molecule has 6 heterocycles. The number of fused-ring (bicyclic) bond motifs is 6. The van der Waals surface area contributed by atoms with Crippen LogP contribution in [0.25, 0.3) is 21.7 Å². The predicted molar refractivity (Wildman–Crippen MR) is 333 cm³/mol. The van der Waals surface area contributed by atoms with E-state index in [1.807, 2.05) is 0 Å². The molecule has 4 aliphatic heterocycles. The van der Waals surface area contributed by atoms with Crippen LogP contribution >= 0.6 is 11.6 Å². The third-order valence-electron chi connectivity index (χ3n) is 15.8. The first kappa shape index (κ1) is 70.3. The zero-order valence-corrected chi connectivity index (χ0v) is 53.8. The highest BCUT2D eigenvalue weighted by atomic mass is 35.5. The van der Waals surface area contributed by atoms with Gasteiger partial charge in [0.2, 0.25) is 24.9 Å². The van der Waals surface area contributed by atoms with E-state index in [1.165, 1.54) is 47.1 Å². The molecular weight excluding hydrogens is 1290 g/mol. The molecule has 4 amide bonds. The number of rotatable bonds is 38. The van der Waals surface area contributed by atoms with Crippen molar-refractivity contribution in [3.8, 4) is 34.5 Å². The number of aromatic amines is 1. The summed E-state index contributed by atoms with van der Waals surface area (Å²) in [7, 11) is -2.31. The Bertz CT molecular complexity index is 3710. The fraction of sp³-hybridized carbons (Fsp3) is 0.516. The van der Waals surface area contributed by atoms with Gasteiger partial charge in [0, 0.05) is 79.8 Å². The molecule has 2 saturated heterocycles. The fourth-order valence-corrected chi connectivity index (χ4v) is 11.9. The average molecular weight is 1370 g/mol. The molecule has 4 aliphatic rings. The maximum absolute atomic E-state index is 14.6. The van der Waals surface area contributed by atoms with Crippen molar-refractivity contribution in [2.24, 2.45) is 0 Å². The summed E-state index contributed by atoms with van der Waals surface area (Å²) >= 11 is 6.60. The van der Waals surface area contributed by atoms with Gasteiger partial charge in [-0.15, -0.1) is 25.1 Å². The maximum atomic E-state index is 14.6. The van der Waals surface area contributed by atoms with Gasteiger partial charge in [0.05, 0.1) is 136 Å². The fourth-order valence-electron chi connectivity index (χ4n) is 10.9. The van der Waals surface area contributed by atoms with E-state index in [4.69, 9.17) is 76.8 Å². The first-order valence-corrected chi connectivity index (χ1v) is 32.6. The van der Waals surface area contributed by atoms with Crippen molar-refractivity contribution in [2.75, 3.05) is 150 Å². The van der Waals surface area contributed by atoms with Crippen molar-refractivity contribution in [3.05, 3.63) is 89.4 Å². The topological polar surface area (TPSA) is 369 Å². The normalized spacial score (nSPS) is 19.3. The number of imide groups is 1. The largest absolute Gasteiger partial charge is 0.501 e. The molecule has 516 valence electrons. The number of alkyl halides is 1. The molecule has 0 saturated carbocycles. The minimum Gasteiger partial charge on any atom is -0.497 e. The van der Waals surface area contributed by atoms with Crippen LogP contribution in [-0.4, -0.2) is 259 Å². The van der Waals surface area contributed by atoms with Crippen LogP contribution in [0.1, 0.15) is 50.9 Å². The number of hydrogen-bond acceptors (Lipinski definition) is 26. The highest BCUT2D eigenvalue weighted by Gasteiger charge is 2.45. The Morgan fingerprint density at radius 1 is 0.726 bits per heavy atom. The molecule has 0 aliphatic carbocycles. The van der Waals surface area contributed by atoms with Gasteiger partial charge in [-0.2, -0.15) is 0 Å². The number of nitrogens with zero attached hydrogens (tertiary/aromatic N) is 6. The number of aromatic nitrogens is 4. The lowest BCUT2D eigenvalue weighted by Gasteiger charge is -2.39. The SMILES string of the molecule is COc1ccc2c(OS(=O)(=O)Oc3cc(C(=O)N(C)CCOCCn4cc(CCOCCOCCOCCOCCOCCOCCN5C(=O)CCC5=O)nn4)ccc3O[C@@H]3O[C@H](CO)[C@H](O)[C@H](O)C3O)cc3c(c2c1)[C@H](CCl)CN3C(=O)c1cc2c3c(ccc2[nH]1)OCO3. The second kappa shape index (κ2) is 33.4. The van der Waals surface area contributed by atoms with Gasteiger partial charge in [0.1, 0.15) is 35.9 Å². The number of hydrogen-bond donors (Lipinski definition) is 5. The number of likely N-dealkylation sites (tertiary alicyclic amines) is 1. The first-order valence-electron chi connectivity index (χ1n) is 30.7. The molecule has 4 aromatic carbocycles. The molecule has 2 fully saturated rings. The van der Waals surface area contributed by atoms with E-state index < -0.39 is 76.9 Å². The number of aliphatic hydroxyl groups is 4. The summed E-state index contributed by atoms with van der Waals surface area (Å²) in [4.78, 5) is 59.0. The molecular formula is C62H76ClN7O24S.